The highest BCUT2D eigenvalue weighted by atomic mass is 79.9. The fraction of sp³-hybridized carbons (Fsp3) is 0.455. The molecule has 4 nitrogen and oxygen atoms in total. The highest BCUT2D eigenvalue weighted by Gasteiger charge is 2.24. The van der Waals surface area contributed by atoms with Gasteiger partial charge in [-0.25, -0.2) is 13.1 Å². The van der Waals surface area contributed by atoms with Crippen molar-refractivity contribution < 1.29 is 13.2 Å². The van der Waals surface area contributed by atoms with Crippen LogP contribution in [-0.4, -0.2) is 27.7 Å². The zero-order chi connectivity index (χ0) is 14.6. The Labute approximate surface area is 131 Å². The lowest BCUT2D eigenvalue weighted by atomic mass is 10.4. The van der Waals surface area contributed by atoms with Crippen molar-refractivity contribution in [2.75, 3.05) is 13.2 Å². The number of sulfonamides is 1. The SMILES string of the molecule is CCOCC(C)NS(=O)(=O)c1c(Cl)cc(Br)cc1Cl. The summed E-state index contributed by atoms with van der Waals surface area (Å²) in [6.07, 6.45) is 0. The molecule has 19 heavy (non-hydrogen) atoms. The van der Waals surface area contributed by atoms with Crippen molar-refractivity contribution in [2.45, 2.75) is 24.8 Å². The van der Waals surface area contributed by atoms with Crippen molar-refractivity contribution >= 4 is 49.2 Å². The fourth-order valence-electron chi connectivity index (χ4n) is 1.44. The highest BCUT2D eigenvalue weighted by molar-refractivity contribution is 9.10. The van der Waals surface area contributed by atoms with Crippen LogP contribution in [0.4, 0.5) is 0 Å². The maximum Gasteiger partial charge on any atom is 0.243 e. The lowest BCUT2D eigenvalue weighted by molar-refractivity contribution is 0.133. The van der Waals surface area contributed by atoms with E-state index in [1.54, 1.807) is 6.92 Å². The number of ether oxygens (including phenoxy) is 1. The third-order valence-corrected chi connectivity index (χ3v) is 5.13. The van der Waals surface area contributed by atoms with E-state index in [9.17, 15) is 8.42 Å². The molecule has 1 aromatic carbocycles. The Hall–Kier alpha value is 0.150. The monoisotopic (exact) mass is 389 g/mol. The summed E-state index contributed by atoms with van der Waals surface area (Å²) < 4.78 is 32.7. The Balaban J connectivity index is 3.01. The van der Waals surface area contributed by atoms with Crippen molar-refractivity contribution in [3.63, 3.8) is 0 Å². The third kappa shape index (κ3) is 4.88. The van der Waals surface area contributed by atoms with Gasteiger partial charge in [0.15, 0.2) is 0 Å². The largest absolute Gasteiger partial charge is 0.380 e. The van der Waals surface area contributed by atoms with Crippen LogP contribution >= 0.6 is 39.1 Å². The summed E-state index contributed by atoms with van der Waals surface area (Å²) in [5, 5.41) is 0.131. The Morgan fingerprint density at radius 3 is 2.37 bits per heavy atom. The minimum atomic E-state index is -3.78. The second kappa shape index (κ2) is 7.24. The van der Waals surface area contributed by atoms with Crippen LogP contribution in [0.2, 0.25) is 10.0 Å². The molecule has 0 spiro atoms. The number of hydrogen-bond donors (Lipinski definition) is 1. The van der Waals surface area contributed by atoms with Crippen LogP contribution in [0.25, 0.3) is 0 Å². The third-order valence-electron chi connectivity index (χ3n) is 2.16. The van der Waals surface area contributed by atoms with Crippen LogP contribution in [0.3, 0.4) is 0 Å². The number of hydrogen-bond acceptors (Lipinski definition) is 3. The van der Waals surface area contributed by atoms with E-state index in [0.717, 1.165) is 0 Å². The van der Waals surface area contributed by atoms with E-state index in [2.05, 4.69) is 20.7 Å². The van der Waals surface area contributed by atoms with Gasteiger partial charge in [-0.15, -0.1) is 0 Å². The van der Waals surface area contributed by atoms with Gasteiger partial charge in [-0.1, -0.05) is 39.1 Å². The molecule has 1 atom stereocenters. The lowest BCUT2D eigenvalue weighted by Gasteiger charge is -2.15. The molecule has 0 aromatic heterocycles. The number of halogens is 3. The van der Waals surface area contributed by atoms with E-state index < -0.39 is 10.0 Å². The maximum absolute atomic E-state index is 12.2. The lowest BCUT2D eigenvalue weighted by Crippen LogP contribution is -2.36. The first-order valence-electron chi connectivity index (χ1n) is 5.52. The van der Waals surface area contributed by atoms with Gasteiger partial charge in [0, 0.05) is 17.1 Å². The zero-order valence-electron chi connectivity index (χ0n) is 10.4. The molecule has 0 bridgehead atoms. The molecule has 0 aliphatic rings. The molecule has 0 heterocycles. The average molecular weight is 391 g/mol. The van der Waals surface area contributed by atoms with Gasteiger partial charge in [-0.3, -0.25) is 0 Å². The van der Waals surface area contributed by atoms with Gasteiger partial charge in [0.25, 0.3) is 0 Å². The summed E-state index contributed by atoms with van der Waals surface area (Å²) in [5.41, 5.74) is 0. The summed E-state index contributed by atoms with van der Waals surface area (Å²) in [7, 11) is -3.78. The summed E-state index contributed by atoms with van der Waals surface area (Å²) in [5.74, 6) is 0. The van der Waals surface area contributed by atoms with Crippen molar-refractivity contribution in [1.82, 2.24) is 4.72 Å². The standard InChI is InChI=1S/C11H14BrCl2NO3S/c1-3-18-6-7(2)15-19(16,17)11-9(13)4-8(12)5-10(11)14/h4-5,7,15H,3,6H2,1-2H3. The molecule has 108 valence electrons. The number of rotatable bonds is 6. The van der Waals surface area contributed by atoms with Gasteiger partial charge in [0.2, 0.25) is 10.0 Å². The van der Waals surface area contributed by atoms with E-state index in [1.165, 1.54) is 12.1 Å². The van der Waals surface area contributed by atoms with Crippen LogP contribution < -0.4 is 4.72 Å². The molecule has 0 saturated heterocycles. The van der Waals surface area contributed by atoms with Crippen LogP contribution in [0.15, 0.2) is 21.5 Å². The quantitative estimate of drug-likeness (QED) is 0.809. The molecule has 1 rings (SSSR count). The Kier molecular flexibility index (Phi) is 6.56. The first-order valence-corrected chi connectivity index (χ1v) is 8.55. The van der Waals surface area contributed by atoms with Crippen LogP contribution in [0.1, 0.15) is 13.8 Å². The van der Waals surface area contributed by atoms with Gasteiger partial charge >= 0.3 is 0 Å². The average Bonchev–Trinajstić information content (AvgIpc) is 2.23. The summed E-state index contributed by atoms with van der Waals surface area (Å²) in [6, 6.07) is 2.59. The van der Waals surface area contributed by atoms with Gasteiger partial charge in [0.1, 0.15) is 4.90 Å². The van der Waals surface area contributed by atoms with E-state index in [0.29, 0.717) is 11.1 Å². The van der Waals surface area contributed by atoms with Gasteiger partial charge in [0.05, 0.1) is 16.7 Å². The van der Waals surface area contributed by atoms with Gasteiger partial charge < -0.3 is 4.74 Å². The van der Waals surface area contributed by atoms with E-state index in [4.69, 9.17) is 27.9 Å². The molecule has 0 aliphatic carbocycles. The topological polar surface area (TPSA) is 55.4 Å². The van der Waals surface area contributed by atoms with Crippen molar-refractivity contribution in [3.8, 4) is 0 Å². The van der Waals surface area contributed by atoms with E-state index >= 15 is 0 Å². The van der Waals surface area contributed by atoms with Crippen LogP contribution in [-0.2, 0) is 14.8 Å². The summed E-state index contributed by atoms with van der Waals surface area (Å²) >= 11 is 15.1. The molecule has 1 aromatic rings. The first-order chi connectivity index (χ1) is 8.77. The minimum Gasteiger partial charge on any atom is -0.380 e. The Morgan fingerprint density at radius 2 is 1.89 bits per heavy atom. The number of nitrogens with one attached hydrogen (secondary N) is 1. The molecule has 0 aliphatic heterocycles. The van der Waals surface area contributed by atoms with Gasteiger partial charge in [-0.05, 0) is 26.0 Å². The predicted octanol–water partition coefficient (Wildman–Crippen LogP) is 3.46. The smallest absolute Gasteiger partial charge is 0.243 e. The van der Waals surface area contributed by atoms with Crippen LogP contribution in [0, 0.1) is 0 Å². The Morgan fingerprint density at radius 1 is 1.37 bits per heavy atom. The number of benzene rings is 1. The molecule has 1 N–H and O–H groups in total. The Bertz CT molecular complexity index is 528. The van der Waals surface area contributed by atoms with Crippen LogP contribution in [0.5, 0.6) is 0 Å². The fourth-order valence-corrected chi connectivity index (χ4v) is 4.60. The summed E-state index contributed by atoms with van der Waals surface area (Å²) in [6.45, 7) is 4.34. The predicted molar refractivity (Wildman–Crippen MR) is 80.4 cm³/mol. The maximum atomic E-state index is 12.2. The molecule has 0 amide bonds. The minimum absolute atomic E-state index is 0.0653. The summed E-state index contributed by atoms with van der Waals surface area (Å²) in [4.78, 5) is -0.123. The molecule has 0 fully saturated rings. The second-order valence-corrected chi connectivity index (χ2v) is 7.26. The molecule has 0 radical (unpaired) electrons. The van der Waals surface area contributed by atoms with Crippen molar-refractivity contribution in [3.05, 3.63) is 26.7 Å². The van der Waals surface area contributed by atoms with Gasteiger partial charge in [-0.2, -0.15) is 0 Å². The highest BCUT2D eigenvalue weighted by Crippen LogP contribution is 2.32. The first kappa shape index (κ1) is 17.2. The van der Waals surface area contributed by atoms with Crippen molar-refractivity contribution in [1.29, 1.82) is 0 Å². The van der Waals surface area contributed by atoms with Crippen molar-refractivity contribution in [2.24, 2.45) is 0 Å². The van der Waals surface area contributed by atoms with E-state index in [1.807, 2.05) is 6.92 Å². The molecular formula is C11H14BrCl2NO3S. The molecule has 8 heteroatoms. The zero-order valence-corrected chi connectivity index (χ0v) is 14.3. The second-order valence-electron chi connectivity index (χ2n) is 3.88. The molecular weight excluding hydrogens is 377 g/mol. The normalized spacial score (nSPS) is 13.5. The van der Waals surface area contributed by atoms with E-state index in [-0.39, 0.29) is 27.6 Å². The molecule has 0 saturated carbocycles. The molecule has 1 unspecified atom stereocenters.